The Morgan fingerprint density at radius 2 is 1.80 bits per heavy atom. The van der Waals surface area contributed by atoms with Crippen LogP contribution < -0.4 is 19.1 Å². The number of carbonyl (C=O) groups excluding carboxylic acids is 1. The molecule has 0 aromatic heterocycles. The summed E-state index contributed by atoms with van der Waals surface area (Å²) in [6.45, 7) is 3.57. The molecule has 0 unspecified atom stereocenters. The standard InChI is InChI=1S/C21H27ClN2O5S/c1-6-18(24(30(5,26)27)17-9-7-8-16(22)13-17)21(25)23-14(2)15-10-11-19(28-3)20(12-15)29-4/h7-14,18H,6H2,1-5H3,(H,23,25)/t14-,18-/m1/s1. The van der Waals surface area contributed by atoms with Gasteiger partial charge < -0.3 is 14.8 Å². The molecule has 164 valence electrons. The Labute approximate surface area is 183 Å². The number of methoxy groups -OCH3 is 2. The molecule has 0 aliphatic rings. The van der Waals surface area contributed by atoms with Gasteiger partial charge in [0.05, 0.1) is 32.2 Å². The van der Waals surface area contributed by atoms with E-state index in [4.69, 9.17) is 21.1 Å². The van der Waals surface area contributed by atoms with E-state index in [1.807, 2.05) is 13.0 Å². The van der Waals surface area contributed by atoms with Crippen molar-refractivity contribution in [3.63, 3.8) is 0 Å². The predicted molar refractivity (Wildman–Crippen MR) is 119 cm³/mol. The molecule has 1 amide bonds. The van der Waals surface area contributed by atoms with Gasteiger partial charge in [0.1, 0.15) is 6.04 Å². The van der Waals surface area contributed by atoms with E-state index in [0.29, 0.717) is 22.2 Å². The van der Waals surface area contributed by atoms with Crippen LogP contribution in [0.1, 0.15) is 31.9 Å². The molecule has 0 saturated heterocycles. The van der Waals surface area contributed by atoms with E-state index < -0.39 is 22.0 Å². The number of amides is 1. The Morgan fingerprint density at radius 3 is 2.33 bits per heavy atom. The summed E-state index contributed by atoms with van der Waals surface area (Å²) in [6, 6.07) is 10.5. The third kappa shape index (κ3) is 5.58. The lowest BCUT2D eigenvalue weighted by molar-refractivity contribution is -0.122. The lowest BCUT2D eigenvalue weighted by Gasteiger charge is -2.31. The van der Waals surface area contributed by atoms with Gasteiger partial charge in [-0.3, -0.25) is 9.10 Å². The molecule has 0 spiro atoms. The van der Waals surface area contributed by atoms with Gasteiger partial charge in [0.15, 0.2) is 11.5 Å². The number of anilines is 1. The Bertz CT molecular complexity index is 997. The second-order valence-corrected chi connectivity index (χ2v) is 9.10. The number of ether oxygens (including phenoxy) is 2. The predicted octanol–water partition coefficient (Wildman–Crippen LogP) is 3.78. The van der Waals surface area contributed by atoms with Crippen molar-refractivity contribution in [2.24, 2.45) is 0 Å². The SMILES string of the molecule is CC[C@H](C(=O)N[C@H](C)c1ccc(OC)c(OC)c1)N(c1cccc(Cl)c1)S(C)(=O)=O. The summed E-state index contributed by atoms with van der Waals surface area (Å²) in [7, 11) is -0.653. The van der Waals surface area contributed by atoms with Crippen LogP contribution >= 0.6 is 11.6 Å². The zero-order chi connectivity index (χ0) is 22.5. The third-order valence-electron chi connectivity index (χ3n) is 4.66. The molecule has 2 rings (SSSR count). The number of rotatable bonds is 9. The maximum atomic E-state index is 13.1. The molecule has 2 atom stereocenters. The number of nitrogens with one attached hydrogen (secondary N) is 1. The van der Waals surface area contributed by atoms with Crippen molar-refractivity contribution in [2.75, 3.05) is 24.8 Å². The number of benzene rings is 2. The summed E-state index contributed by atoms with van der Waals surface area (Å²) in [5, 5.41) is 3.28. The lowest BCUT2D eigenvalue weighted by Crippen LogP contribution is -2.49. The Hall–Kier alpha value is -2.45. The van der Waals surface area contributed by atoms with Gasteiger partial charge in [0.2, 0.25) is 15.9 Å². The number of hydrogen-bond acceptors (Lipinski definition) is 5. The molecule has 0 heterocycles. The van der Waals surface area contributed by atoms with Gasteiger partial charge in [-0.1, -0.05) is 30.7 Å². The zero-order valence-corrected chi connectivity index (χ0v) is 19.3. The maximum absolute atomic E-state index is 13.1. The quantitative estimate of drug-likeness (QED) is 0.623. The highest BCUT2D eigenvalue weighted by Crippen LogP contribution is 2.30. The summed E-state index contributed by atoms with van der Waals surface area (Å²) >= 11 is 6.04. The largest absolute Gasteiger partial charge is 0.493 e. The molecule has 0 radical (unpaired) electrons. The van der Waals surface area contributed by atoms with E-state index in [2.05, 4.69) is 5.32 Å². The molecule has 2 aromatic carbocycles. The normalized spacial score (nSPS) is 13.3. The first-order valence-corrected chi connectivity index (χ1v) is 11.6. The molecule has 7 nitrogen and oxygen atoms in total. The van der Waals surface area contributed by atoms with Crippen LogP contribution in [0.3, 0.4) is 0 Å². The van der Waals surface area contributed by atoms with Gasteiger partial charge in [-0.2, -0.15) is 0 Å². The summed E-state index contributed by atoms with van der Waals surface area (Å²) < 4.78 is 36.7. The van der Waals surface area contributed by atoms with Crippen LogP contribution in [-0.2, 0) is 14.8 Å². The van der Waals surface area contributed by atoms with Crippen LogP contribution in [0, 0.1) is 0 Å². The van der Waals surface area contributed by atoms with Crippen molar-refractivity contribution in [1.29, 1.82) is 0 Å². The molecule has 0 aliphatic heterocycles. The van der Waals surface area contributed by atoms with Crippen LogP contribution in [0.2, 0.25) is 5.02 Å². The van der Waals surface area contributed by atoms with Gasteiger partial charge in [-0.15, -0.1) is 0 Å². The summed E-state index contributed by atoms with van der Waals surface area (Å²) in [5.41, 5.74) is 1.13. The van der Waals surface area contributed by atoms with Gasteiger partial charge >= 0.3 is 0 Å². The molecule has 30 heavy (non-hydrogen) atoms. The average Bonchev–Trinajstić information content (AvgIpc) is 2.70. The maximum Gasteiger partial charge on any atom is 0.244 e. The van der Waals surface area contributed by atoms with Crippen LogP contribution in [0.25, 0.3) is 0 Å². The van der Waals surface area contributed by atoms with E-state index >= 15 is 0 Å². The van der Waals surface area contributed by atoms with E-state index in [1.54, 1.807) is 44.4 Å². The monoisotopic (exact) mass is 454 g/mol. The molecule has 2 aromatic rings. The second-order valence-electron chi connectivity index (χ2n) is 6.81. The first kappa shape index (κ1) is 23.8. The van der Waals surface area contributed by atoms with E-state index in [0.717, 1.165) is 16.1 Å². The smallest absolute Gasteiger partial charge is 0.244 e. The third-order valence-corrected chi connectivity index (χ3v) is 6.07. The van der Waals surface area contributed by atoms with Crippen molar-refractivity contribution in [2.45, 2.75) is 32.4 Å². The fourth-order valence-corrected chi connectivity index (χ4v) is 4.58. The highest BCUT2D eigenvalue weighted by molar-refractivity contribution is 7.92. The highest BCUT2D eigenvalue weighted by atomic mass is 35.5. The minimum Gasteiger partial charge on any atom is -0.493 e. The van der Waals surface area contributed by atoms with E-state index in [-0.39, 0.29) is 12.5 Å². The van der Waals surface area contributed by atoms with Crippen molar-refractivity contribution in [3.8, 4) is 11.5 Å². The van der Waals surface area contributed by atoms with Crippen molar-refractivity contribution >= 4 is 33.2 Å². The van der Waals surface area contributed by atoms with Gasteiger partial charge in [0, 0.05) is 5.02 Å². The summed E-state index contributed by atoms with van der Waals surface area (Å²) in [6.07, 6.45) is 1.35. The van der Waals surface area contributed by atoms with Gasteiger partial charge in [0.25, 0.3) is 0 Å². The fraction of sp³-hybridized carbons (Fsp3) is 0.381. The van der Waals surface area contributed by atoms with Gasteiger partial charge in [-0.05, 0) is 49.2 Å². The topological polar surface area (TPSA) is 84.9 Å². The summed E-state index contributed by atoms with van der Waals surface area (Å²) in [4.78, 5) is 13.1. The second kappa shape index (κ2) is 10.0. The van der Waals surface area contributed by atoms with Crippen LogP contribution in [0.15, 0.2) is 42.5 Å². The number of halogens is 1. The van der Waals surface area contributed by atoms with Crippen molar-refractivity contribution in [3.05, 3.63) is 53.1 Å². The molecule has 9 heteroatoms. The van der Waals surface area contributed by atoms with Crippen molar-refractivity contribution in [1.82, 2.24) is 5.32 Å². The number of nitrogens with zero attached hydrogens (tertiary/aromatic N) is 1. The minimum atomic E-state index is -3.73. The minimum absolute atomic E-state index is 0.282. The Kier molecular flexibility index (Phi) is 7.97. The Balaban J connectivity index is 2.32. The Morgan fingerprint density at radius 1 is 1.13 bits per heavy atom. The van der Waals surface area contributed by atoms with Crippen LogP contribution in [0.4, 0.5) is 5.69 Å². The number of sulfonamides is 1. The summed E-state index contributed by atoms with van der Waals surface area (Å²) in [5.74, 6) is 0.709. The van der Waals surface area contributed by atoms with Gasteiger partial charge in [-0.25, -0.2) is 8.42 Å². The zero-order valence-electron chi connectivity index (χ0n) is 17.7. The molecule has 0 saturated carbocycles. The molecule has 0 aliphatic carbocycles. The number of hydrogen-bond donors (Lipinski definition) is 1. The van der Waals surface area contributed by atoms with E-state index in [9.17, 15) is 13.2 Å². The van der Waals surface area contributed by atoms with Crippen LogP contribution in [0.5, 0.6) is 11.5 Å². The molecular formula is C21H27ClN2O5S. The first-order valence-electron chi connectivity index (χ1n) is 9.39. The lowest BCUT2D eigenvalue weighted by atomic mass is 10.1. The molecule has 1 N–H and O–H groups in total. The molecule has 0 bridgehead atoms. The molecular weight excluding hydrogens is 428 g/mol. The fourth-order valence-electron chi connectivity index (χ4n) is 3.19. The first-order chi connectivity index (χ1) is 14.1. The van der Waals surface area contributed by atoms with E-state index in [1.165, 1.54) is 13.2 Å². The highest BCUT2D eigenvalue weighted by Gasteiger charge is 2.32. The van der Waals surface area contributed by atoms with Crippen molar-refractivity contribution < 1.29 is 22.7 Å². The van der Waals surface area contributed by atoms with Crippen LogP contribution in [-0.4, -0.2) is 40.8 Å². The number of carbonyl (C=O) groups is 1. The average molecular weight is 455 g/mol. The molecule has 0 fully saturated rings.